The summed E-state index contributed by atoms with van der Waals surface area (Å²) >= 11 is 0. The van der Waals surface area contributed by atoms with Gasteiger partial charge in [0.2, 0.25) is 5.91 Å². The molecule has 0 spiro atoms. The molecular formula is C14H20N4O. The zero-order valence-corrected chi connectivity index (χ0v) is 11.4. The number of anilines is 1. The minimum atomic E-state index is 0.324. The average Bonchev–Trinajstić information content (AvgIpc) is 3.24. The lowest BCUT2D eigenvalue weighted by Gasteiger charge is -2.22. The van der Waals surface area contributed by atoms with Crippen LogP contribution in [0.4, 0.5) is 5.82 Å². The number of aryl methyl sites for hydroxylation is 1. The van der Waals surface area contributed by atoms with Crippen LogP contribution in [0.1, 0.15) is 25.0 Å². The Balaban J connectivity index is 1.65. The van der Waals surface area contributed by atoms with Gasteiger partial charge in [-0.2, -0.15) is 0 Å². The van der Waals surface area contributed by atoms with Gasteiger partial charge in [-0.1, -0.05) is 0 Å². The molecule has 1 aromatic rings. The molecule has 3 rings (SSSR count). The first kappa shape index (κ1) is 12.4. The number of carbonyl (C=O) groups excluding carboxylic acids is 1. The zero-order valence-electron chi connectivity index (χ0n) is 11.4. The molecule has 5 heteroatoms. The van der Waals surface area contributed by atoms with E-state index in [-0.39, 0.29) is 0 Å². The van der Waals surface area contributed by atoms with Crippen molar-refractivity contribution in [2.24, 2.45) is 5.92 Å². The predicted molar refractivity (Wildman–Crippen MR) is 72.9 cm³/mol. The highest BCUT2D eigenvalue weighted by atomic mass is 16.2. The second kappa shape index (κ2) is 5.15. The van der Waals surface area contributed by atoms with Gasteiger partial charge in [-0.05, 0) is 26.2 Å². The summed E-state index contributed by atoms with van der Waals surface area (Å²) in [6, 6.07) is 0. The van der Waals surface area contributed by atoms with Crippen LogP contribution in [0.3, 0.4) is 0 Å². The maximum Gasteiger partial charge on any atom is 0.225 e. The molecule has 0 N–H and O–H groups in total. The number of aromatic nitrogens is 2. The van der Waals surface area contributed by atoms with Crippen LogP contribution in [0.2, 0.25) is 0 Å². The lowest BCUT2D eigenvalue weighted by molar-refractivity contribution is -0.132. The molecule has 1 aromatic heterocycles. The van der Waals surface area contributed by atoms with Crippen molar-refractivity contribution in [2.45, 2.75) is 26.2 Å². The van der Waals surface area contributed by atoms with E-state index < -0.39 is 0 Å². The molecule has 5 nitrogen and oxygen atoms in total. The van der Waals surface area contributed by atoms with Gasteiger partial charge >= 0.3 is 0 Å². The van der Waals surface area contributed by atoms with Crippen molar-refractivity contribution in [3.63, 3.8) is 0 Å². The fraction of sp³-hybridized carbons (Fsp3) is 0.643. The Labute approximate surface area is 113 Å². The Morgan fingerprint density at radius 2 is 2.05 bits per heavy atom. The summed E-state index contributed by atoms with van der Waals surface area (Å²) in [4.78, 5) is 25.1. The number of carbonyl (C=O) groups is 1. The van der Waals surface area contributed by atoms with Crippen LogP contribution in [0.15, 0.2) is 12.4 Å². The van der Waals surface area contributed by atoms with E-state index in [2.05, 4.69) is 14.9 Å². The molecule has 0 unspecified atom stereocenters. The van der Waals surface area contributed by atoms with Crippen LogP contribution < -0.4 is 4.90 Å². The highest BCUT2D eigenvalue weighted by Gasteiger charge is 2.33. The first-order valence-corrected chi connectivity index (χ1v) is 7.06. The third-order valence-corrected chi connectivity index (χ3v) is 3.80. The molecule has 0 atom stereocenters. The Kier molecular flexibility index (Phi) is 3.36. The summed E-state index contributed by atoms with van der Waals surface area (Å²) in [5.74, 6) is 1.61. The molecule has 0 radical (unpaired) electrons. The molecule has 19 heavy (non-hydrogen) atoms. The summed E-state index contributed by atoms with van der Waals surface area (Å²) in [5, 5.41) is 0. The second-order valence-corrected chi connectivity index (χ2v) is 5.46. The molecule has 1 aliphatic heterocycles. The van der Waals surface area contributed by atoms with Crippen molar-refractivity contribution < 1.29 is 4.79 Å². The number of rotatable bonds is 2. The molecule has 1 saturated heterocycles. The average molecular weight is 260 g/mol. The monoisotopic (exact) mass is 260 g/mol. The molecule has 2 aliphatic rings. The molecule has 2 fully saturated rings. The van der Waals surface area contributed by atoms with E-state index in [0.29, 0.717) is 11.8 Å². The highest BCUT2D eigenvalue weighted by Crippen LogP contribution is 2.31. The molecule has 1 saturated carbocycles. The van der Waals surface area contributed by atoms with E-state index in [1.165, 1.54) is 0 Å². The number of hydrogen-bond acceptors (Lipinski definition) is 4. The van der Waals surface area contributed by atoms with Crippen LogP contribution in [-0.4, -0.2) is 47.0 Å². The maximum absolute atomic E-state index is 12.1. The quantitative estimate of drug-likeness (QED) is 0.802. The standard InChI is InChI=1S/C14H20N4O/c1-11-9-15-10-13(16-11)17-5-2-6-18(8-7-17)14(19)12-3-4-12/h9-10,12H,2-8H2,1H3. The van der Waals surface area contributed by atoms with Crippen molar-refractivity contribution in [3.8, 4) is 0 Å². The van der Waals surface area contributed by atoms with Crippen molar-refractivity contribution in [1.82, 2.24) is 14.9 Å². The molecule has 102 valence electrons. The van der Waals surface area contributed by atoms with Crippen molar-refractivity contribution in [3.05, 3.63) is 18.1 Å². The topological polar surface area (TPSA) is 49.3 Å². The van der Waals surface area contributed by atoms with E-state index in [4.69, 9.17) is 0 Å². The SMILES string of the molecule is Cc1cncc(N2CCCN(C(=O)C3CC3)CC2)n1. The van der Waals surface area contributed by atoms with E-state index >= 15 is 0 Å². The third-order valence-electron chi connectivity index (χ3n) is 3.80. The lowest BCUT2D eigenvalue weighted by atomic mass is 10.3. The number of amides is 1. The minimum absolute atomic E-state index is 0.324. The van der Waals surface area contributed by atoms with Gasteiger partial charge < -0.3 is 9.80 Å². The Morgan fingerprint density at radius 1 is 1.21 bits per heavy atom. The van der Waals surface area contributed by atoms with Gasteiger partial charge in [0.05, 0.1) is 11.9 Å². The highest BCUT2D eigenvalue weighted by molar-refractivity contribution is 5.81. The van der Waals surface area contributed by atoms with Gasteiger partial charge in [-0.3, -0.25) is 9.78 Å². The summed E-state index contributed by atoms with van der Waals surface area (Å²) in [6.45, 7) is 5.45. The summed E-state index contributed by atoms with van der Waals surface area (Å²) in [6.07, 6.45) is 6.76. The normalized spacial score (nSPS) is 20.3. The third kappa shape index (κ3) is 2.85. The molecule has 1 amide bonds. The number of nitrogens with zero attached hydrogens (tertiary/aromatic N) is 4. The van der Waals surface area contributed by atoms with E-state index in [0.717, 1.165) is 57.0 Å². The fourth-order valence-electron chi connectivity index (χ4n) is 2.56. The van der Waals surface area contributed by atoms with Gasteiger partial charge in [-0.15, -0.1) is 0 Å². The Morgan fingerprint density at radius 3 is 2.79 bits per heavy atom. The Bertz CT molecular complexity index is 472. The molecule has 1 aliphatic carbocycles. The van der Waals surface area contributed by atoms with Crippen LogP contribution in [0, 0.1) is 12.8 Å². The van der Waals surface area contributed by atoms with Crippen molar-refractivity contribution in [1.29, 1.82) is 0 Å². The van der Waals surface area contributed by atoms with Crippen molar-refractivity contribution >= 4 is 11.7 Å². The lowest BCUT2D eigenvalue weighted by Crippen LogP contribution is -2.36. The van der Waals surface area contributed by atoms with Crippen molar-refractivity contribution in [2.75, 3.05) is 31.1 Å². The largest absolute Gasteiger partial charge is 0.353 e. The molecular weight excluding hydrogens is 240 g/mol. The fourth-order valence-corrected chi connectivity index (χ4v) is 2.56. The molecule has 2 heterocycles. The molecule has 0 aromatic carbocycles. The second-order valence-electron chi connectivity index (χ2n) is 5.46. The minimum Gasteiger partial charge on any atom is -0.353 e. The number of hydrogen-bond donors (Lipinski definition) is 0. The Hall–Kier alpha value is -1.65. The molecule has 0 bridgehead atoms. The van der Waals surface area contributed by atoms with Gasteiger partial charge in [0.25, 0.3) is 0 Å². The first-order chi connectivity index (χ1) is 9.24. The van der Waals surface area contributed by atoms with E-state index in [9.17, 15) is 4.79 Å². The van der Waals surface area contributed by atoms with E-state index in [1.807, 2.05) is 18.0 Å². The van der Waals surface area contributed by atoms with Gasteiger partial charge in [0.1, 0.15) is 5.82 Å². The zero-order chi connectivity index (χ0) is 13.2. The predicted octanol–water partition coefficient (Wildman–Crippen LogP) is 1.23. The summed E-state index contributed by atoms with van der Waals surface area (Å²) in [7, 11) is 0. The van der Waals surface area contributed by atoms with Crippen LogP contribution in [-0.2, 0) is 4.79 Å². The van der Waals surface area contributed by atoms with Gasteiger partial charge in [0, 0.05) is 38.3 Å². The van der Waals surface area contributed by atoms with E-state index in [1.54, 1.807) is 6.20 Å². The van der Waals surface area contributed by atoms with Crippen LogP contribution in [0.25, 0.3) is 0 Å². The van der Waals surface area contributed by atoms with Gasteiger partial charge in [-0.25, -0.2) is 4.98 Å². The van der Waals surface area contributed by atoms with Crippen LogP contribution >= 0.6 is 0 Å². The van der Waals surface area contributed by atoms with Crippen LogP contribution in [0.5, 0.6) is 0 Å². The summed E-state index contributed by atoms with van der Waals surface area (Å²) < 4.78 is 0. The van der Waals surface area contributed by atoms with Gasteiger partial charge in [0.15, 0.2) is 0 Å². The first-order valence-electron chi connectivity index (χ1n) is 7.06. The smallest absolute Gasteiger partial charge is 0.225 e. The summed E-state index contributed by atoms with van der Waals surface area (Å²) in [5.41, 5.74) is 0.938. The maximum atomic E-state index is 12.1.